The first-order chi connectivity index (χ1) is 5.25. The van der Waals surface area contributed by atoms with E-state index in [1.165, 1.54) is 6.07 Å². The molecule has 1 aromatic rings. The number of halogens is 1. The van der Waals surface area contributed by atoms with E-state index < -0.39 is 0 Å². The Morgan fingerprint density at radius 2 is 2.09 bits per heavy atom. The number of allylic oxidation sites excluding steroid dienone is 1. The number of hydrogen-bond donors (Lipinski definition) is 0. The van der Waals surface area contributed by atoms with Crippen LogP contribution >= 0.6 is 0 Å². The van der Waals surface area contributed by atoms with Crippen LogP contribution in [-0.4, -0.2) is 0 Å². The van der Waals surface area contributed by atoms with Crippen molar-refractivity contribution in [2.45, 2.75) is 6.92 Å². The second-order valence-corrected chi connectivity index (χ2v) is 2.28. The van der Waals surface area contributed by atoms with Crippen LogP contribution in [0.25, 0.3) is 5.57 Å². The number of hydrogen-bond acceptors (Lipinski definition) is 0. The Balaban J connectivity index is 3.24. The van der Waals surface area contributed by atoms with Crippen molar-refractivity contribution >= 4 is 5.57 Å². The van der Waals surface area contributed by atoms with Crippen molar-refractivity contribution < 1.29 is 4.39 Å². The van der Waals surface area contributed by atoms with Crippen molar-refractivity contribution in [3.8, 4) is 0 Å². The molecule has 0 aromatic heterocycles. The molecule has 0 N–H and O–H groups in total. The molecule has 0 radical (unpaired) electrons. The normalized spacial score (nSPS) is 8.91. The Labute approximate surface area is 65.7 Å². The topological polar surface area (TPSA) is 0 Å². The van der Waals surface area contributed by atoms with Crippen LogP contribution < -0.4 is 0 Å². The molecule has 1 heteroatoms. The lowest BCUT2D eigenvalue weighted by atomic mass is 10.1. The third-order valence-electron chi connectivity index (χ3n) is 1.54. The summed E-state index contributed by atoms with van der Waals surface area (Å²) in [5.74, 6) is -0.221. The van der Waals surface area contributed by atoms with Gasteiger partial charge in [0.05, 0.1) is 0 Å². The fourth-order valence-corrected chi connectivity index (χ4v) is 0.861. The van der Waals surface area contributed by atoms with E-state index >= 15 is 0 Å². The second-order valence-electron chi connectivity index (χ2n) is 2.28. The van der Waals surface area contributed by atoms with Crippen LogP contribution in [0.2, 0.25) is 0 Å². The molecule has 1 rings (SSSR count). The average Bonchev–Trinajstić information content (AvgIpc) is 2.04. The van der Waals surface area contributed by atoms with E-state index in [1.54, 1.807) is 25.1 Å². The first-order valence-corrected chi connectivity index (χ1v) is 3.37. The summed E-state index contributed by atoms with van der Waals surface area (Å²) in [7, 11) is 0. The Hall–Kier alpha value is -1.33. The van der Waals surface area contributed by atoms with Gasteiger partial charge in [-0.3, -0.25) is 0 Å². The highest BCUT2D eigenvalue weighted by Crippen LogP contribution is 2.15. The van der Waals surface area contributed by atoms with Crippen LogP contribution in [0.4, 0.5) is 4.39 Å². The first-order valence-electron chi connectivity index (χ1n) is 3.37. The van der Waals surface area contributed by atoms with Gasteiger partial charge in [0.15, 0.2) is 0 Å². The van der Waals surface area contributed by atoms with Gasteiger partial charge < -0.3 is 0 Å². The van der Waals surface area contributed by atoms with Crippen LogP contribution in [-0.2, 0) is 0 Å². The maximum atomic E-state index is 12.9. The van der Waals surface area contributed by atoms with Crippen molar-refractivity contribution in [3.63, 3.8) is 0 Å². The van der Waals surface area contributed by atoms with Crippen LogP contribution in [0.15, 0.2) is 36.6 Å². The standard InChI is InChI=1S/C10H9F/c1-3-8(2)9-6-4-5-7-10(9)11/h4-7H,1H2,2H3. The summed E-state index contributed by atoms with van der Waals surface area (Å²) in [4.78, 5) is 0. The highest BCUT2D eigenvalue weighted by atomic mass is 19.1. The molecule has 0 saturated carbocycles. The Morgan fingerprint density at radius 3 is 2.64 bits per heavy atom. The predicted octanol–water partition coefficient (Wildman–Crippen LogP) is 3.01. The zero-order valence-electron chi connectivity index (χ0n) is 6.39. The van der Waals surface area contributed by atoms with E-state index in [0.717, 1.165) is 5.57 Å². The first kappa shape index (κ1) is 7.77. The van der Waals surface area contributed by atoms with E-state index in [-0.39, 0.29) is 5.82 Å². The van der Waals surface area contributed by atoms with E-state index in [1.807, 2.05) is 0 Å². The summed E-state index contributed by atoms with van der Waals surface area (Å²) in [5, 5.41) is 0. The van der Waals surface area contributed by atoms with Crippen molar-refractivity contribution in [1.82, 2.24) is 0 Å². The molecule has 0 bridgehead atoms. The minimum Gasteiger partial charge on any atom is -0.206 e. The summed E-state index contributed by atoms with van der Waals surface area (Å²) in [6, 6.07) is 6.59. The lowest BCUT2D eigenvalue weighted by Crippen LogP contribution is -1.83. The zero-order valence-corrected chi connectivity index (χ0v) is 6.39. The van der Waals surface area contributed by atoms with Gasteiger partial charge >= 0.3 is 0 Å². The van der Waals surface area contributed by atoms with Gasteiger partial charge in [0.2, 0.25) is 0 Å². The van der Waals surface area contributed by atoms with E-state index in [9.17, 15) is 4.39 Å². The maximum Gasteiger partial charge on any atom is 0.131 e. The molecular weight excluding hydrogens is 139 g/mol. The third kappa shape index (κ3) is 1.57. The van der Waals surface area contributed by atoms with Crippen molar-refractivity contribution in [2.24, 2.45) is 0 Å². The molecule has 0 amide bonds. The molecule has 0 aliphatic carbocycles. The molecule has 1 aromatic carbocycles. The van der Waals surface area contributed by atoms with Crippen molar-refractivity contribution in [2.75, 3.05) is 0 Å². The van der Waals surface area contributed by atoms with Gasteiger partial charge in [-0.25, -0.2) is 4.39 Å². The van der Waals surface area contributed by atoms with Gasteiger partial charge in [-0.05, 0) is 13.0 Å². The highest BCUT2D eigenvalue weighted by Gasteiger charge is 1.99. The molecule has 0 nitrogen and oxygen atoms in total. The molecule has 56 valence electrons. The van der Waals surface area contributed by atoms with Gasteiger partial charge in [-0.2, -0.15) is 0 Å². The molecule has 0 aliphatic rings. The average molecular weight is 148 g/mol. The lowest BCUT2D eigenvalue weighted by molar-refractivity contribution is 0.624. The Kier molecular flexibility index (Phi) is 2.25. The summed E-state index contributed by atoms with van der Waals surface area (Å²) >= 11 is 0. The zero-order chi connectivity index (χ0) is 8.27. The monoisotopic (exact) mass is 148 g/mol. The third-order valence-corrected chi connectivity index (χ3v) is 1.54. The molecular formula is C10H9F. The summed E-state index contributed by atoms with van der Waals surface area (Å²) in [6.07, 6.45) is 0. The molecule has 0 fully saturated rings. The smallest absolute Gasteiger partial charge is 0.131 e. The largest absolute Gasteiger partial charge is 0.206 e. The number of benzene rings is 1. The van der Waals surface area contributed by atoms with Gasteiger partial charge in [0, 0.05) is 11.1 Å². The molecule has 0 unspecified atom stereocenters. The van der Waals surface area contributed by atoms with Crippen LogP contribution in [0, 0.1) is 5.82 Å². The summed E-state index contributed by atoms with van der Waals surface area (Å²) < 4.78 is 12.9. The van der Waals surface area contributed by atoms with Gasteiger partial charge in [-0.15, -0.1) is 5.73 Å². The van der Waals surface area contributed by atoms with Crippen LogP contribution in [0.5, 0.6) is 0 Å². The summed E-state index contributed by atoms with van der Waals surface area (Å²) in [5.41, 5.74) is 3.96. The number of rotatable bonds is 1. The quantitative estimate of drug-likeness (QED) is 0.537. The minimum atomic E-state index is -0.221. The fourth-order valence-electron chi connectivity index (χ4n) is 0.861. The van der Waals surface area contributed by atoms with Gasteiger partial charge in [0.1, 0.15) is 5.82 Å². The fraction of sp³-hybridized carbons (Fsp3) is 0.100. The highest BCUT2D eigenvalue weighted by molar-refractivity contribution is 5.62. The van der Waals surface area contributed by atoms with Gasteiger partial charge in [0.25, 0.3) is 0 Å². The van der Waals surface area contributed by atoms with Crippen molar-refractivity contribution in [3.05, 3.63) is 48.0 Å². The van der Waals surface area contributed by atoms with E-state index in [4.69, 9.17) is 0 Å². The van der Waals surface area contributed by atoms with Crippen LogP contribution in [0.3, 0.4) is 0 Å². The predicted molar refractivity (Wildman–Crippen MR) is 44.6 cm³/mol. The van der Waals surface area contributed by atoms with E-state index in [2.05, 4.69) is 12.3 Å². The lowest BCUT2D eigenvalue weighted by Gasteiger charge is -1.98. The molecule has 0 aliphatic heterocycles. The Morgan fingerprint density at radius 1 is 1.45 bits per heavy atom. The maximum absolute atomic E-state index is 12.9. The molecule has 0 spiro atoms. The summed E-state index contributed by atoms with van der Waals surface area (Å²) in [6.45, 7) is 5.23. The Bertz CT molecular complexity index is 306. The van der Waals surface area contributed by atoms with E-state index in [0.29, 0.717) is 5.56 Å². The molecule has 11 heavy (non-hydrogen) atoms. The minimum absolute atomic E-state index is 0.221. The SMILES string of the molecule is C=C=C(C)c1ccccc1F. The molecule has 0 heterocycles. The van der Waals surface area contributed by atoms with Crippen LogP contribution in [0.1, 0.15) is 12.5 Å². The van der Waals surface area contributed by atoms with Crippen molar-refractivity contribution in [1.29, 1.82) is 0 Å². The van der Waals surface area contributed by atoms with Gasteiger partial charge in [-0.1, -0.05) is 24.8 Å². The second kappa shape index (κ2) is 3.18. The molecule has 0 saturated heterocycles. The molecule has 0 atom stereocenters.